The first kappa shape index (κ1) is 7.41. The van der Waals surface area contributed by atoms with Gasteiger partial charge in [0.05, 0.1) is 5.52 Å². The Morgan fingerprint density at radius 1 is 1.08 bits per heavy atom. The Morgan fingerprint density at radius 3 is 2.50 bits per heavy atom. The highest BCUT2D eigenvalue weighted by Gasteiger charge is 2.03. The molecule has 1 aromatic carbocycles. The van der Waals surface area contributed by atoms with Crippen LogP contribution in [0.2, 0.25) is 0 Å². The molecule has 1 heteroatoms. The molecule has 0 atom stereocenters. The fourth-order valence-electron chi connectivity index (χ4n) is 1.87. The van der Waals surface area contributed by atoms with E-state index in [2.05, 4.69) is 49.9 Å². The Balaban J connectivity index is 2.99. The third kappa shape index (κ3) is 0.860. The van der Waals surface area contributed by atoms with E-state index in [9.17, 15) is 0 Å². The number of benzene rings is 1. The van der Waals surface area contributed by atoms with Crippen LogP contribution in [-0.4, -0.2) is 4.57 Å². The third-order valence-electron chi connectivity index (χ3n) is 2.40. The van der Waals surface area contributed by atoms with Crippen molar-refractivity contribution >= 4 is 10.9 Å². The van der Waals surface area contributed by atoms with E-state index < -0.39 is 0 Å². The zero-order valence-corrected chi connectivity index (χ0v) is 7.76. The number of hydrogen-bond acceptors (Lipinski definition) is 0. The van der Waals surface area contributed by atoms with Crippen LogP contribution < -0.4 is 0 Å². The van der Waals surface area contributed by atoms with E-state index >= 15 is 0 Å². The lowest BCUT2D eigenvalue weighted by molar-refractivity contribution is 0.959. The van der Waals surface area contributed by atoms with Crippen molar-refractivity contribution in [2.24, 2.45) is 7.05 Å². The van der Waals surface area contributed by atoms with E-state index in [0.29, 0.717) is 0 Å². The Kier molecular flexibility index (Phi) is 1.47. The number of hydrogen-bond donors (Lipinski definition) is 0. The molecule has 0 radical (unpaired) electrons. The van der Waals surface area contributed by atoms with Crippen LogP contribution in [-0.2, 0) is 7.05 Å². The second-order valence-electron chi connectivity index (χ2n) is 3.39. The first-order valence-electron chi connectivity index (χ1n) is 4.21. The van der Waals surface area contributed by atoms with Crippen LogP contribution in [0.4, 0.5) is 0 Å². The van der Waals surface area contributed by atoms with Crippen molar-refractivity contribution in [3.05, 3.63) is 35.5 Å². The Hall–Kier alpha value is -1.24. The minimum atomic E-state index is 1.35. The average molecular weight is 159 g/mol. The van der Waals surface area contributed by atoms with E-state index in [1.807, 2.05) is 0 Å². The molecule has 1 heterocycles. The summed E-state index contributed by atoms with van der Waals surface area (Å²) < 4.78 is 2.19. The largest absolute Gasteiger partial charge is 0.350 e. The summed E-state index contributed by atoms with van der Waals surface area (Å²) in [6.07, 6.45) is 2.18. The summed E-state index contributed by atoms with van der Waals surface area (Å²) in [5, 5.41) is 1.37. The first-order valence-corrected chi connectivity index (χ1v) is 4.21. The van der Waals surface area contributed by atoms with Gasteiger partial charge in [0, 0.05) is 18.6 Å². The van der Waals surface area contributed by atoms with Crippen molar-refractivity contribution in [2.45, 2.75) is 13.8 Å². The molecular formula is C11H13N. The second-order valence-corrected chi connectivity index (χ2v) is 3.39. The van der Waals surface area contributed by atoms with Gasteiger partial charge in [-0.25, -0.2) is 0 Å². The van der Waals surface area contributed by atoms with Gasteiger partial charge >= 0.3 is 0 Å². The predicted octanol–water partition coefficient (Wildman–Crippen LogP) is 2.80. The lowest BCUT2D eigenvalue weighted by Gasteiger charge is -1.99. The van der Waals surface area contributed by atoms with Crippen molar-refractivity contribution in [2.75, 3.05) is 0 Å². The monoisotopic (exact) mass is 159 g/mol. The van der Waals surface area contributed by atoms with Crippen LogP contribution in [0, 0.1) is 13.8 Å². The number of aryl methyl sites for hydroxylation is 3. The molecule has 0 saturated heterocycles. The highest BCUT2D eigenvalue weighted by Crippen LogP contribution is 2.22. The smallest absolute Gasteiger partial charge is 0.0510 e. The van der Waals surface area contributed by atoms with Crippen LogP contribution in [0.1, 0.15) is 11.1 Å². The SMILES string of the molecule is Cc1cn(C)c2c(C)cccc12. The molecule has 0 amide bonds. The van der Waals surface area contributed by atoms with Gasteiger partial charge in [-0.3, -0.25) is 0 Å². The number of nitrogens with zero attached hydrogens (tertiary/aromatic N) is 1. The molecule has 0 saturated carbocycles. The minimum Gasteiger partial charge on any atom is -0.350 e. The fourth-order valence-corrected chi connectivity index (χ4v) is 1.87. The van der Waals surface area contributed by atoms with E-state index in [4.69, 9.17) is 0 Å². The van der Waals surface area contributed by atoms with Gasteiger partial charge in [-0.05, 0) is 25.0 Å². The molecule has 0 spiro atoms. The lowest BCUT2D eigenvalue weighted by atomic mass is 10.1. The van der Waals surface area contributed by atoms with Crippen molar-refractivity contribution in [1.82, 2.24) is 4.57 Å². The van der Waals surface area contributed by atoms with Crippen LogP contribution in [0.3, 0.4) is 0 Å². The maximum absolute atomic E-state index is 2.19. The summed E-state index contributed by atoms with van der Waals surface area (Å²) in [6.45, 7) is 4.31. The highest BCUT2D eigenvalue weighted by atomic mass is 14.9. The van der Waals surface area contributed by atoms with Crippen molar-refractivity contribution < 1.29 is 0 Å². The zero-order chi connectivity index (χ0) is 8.72. The number of fused-ring (bicyclic) bond motifs is 1. The first-order chi connectivity index (χ1) is 5.70. The molecule has 2 rings (SSSR count). The molecule has 0 bridgehead atoms. The maximum Gasteiger partial charge on any atom is 0.0510 e. The van der Waals surface area contributed by atoms with Gasteiger partial charge in [0.25, 0.3) is 0 Å². The molecule has 62 valence electrons. The molecule has 0 unspecified atom stereocenters. The molecule has 1 nitrogen and oxygen atoms in total. The number of rotatable bonds is 0. The highest BCUT2D eigenvalue weighted by molar-refractivity contribution is 5.86. The van der Waals surface area contributed by atoms with Gasteiger partial charge in [-0.15, -0.1) is 0 Å². The summed E-state index contributed by atoms with van der Waals surface area (Å²) in [6, 6.07) is 6.45. The van der Waals surface area contributed by atoms with Crippen LogP contribution in [0.25, 0.3) is 10.9 Å². The van der Waals surface area contributed by atoms with Crippen molar-refractivity contribution in [3.8, 4) is 0 Å². The van der Waals surface area contributed by atoms with E-state index in [0.717, 1.165) is 0 Å². The minimum absolute atomic E-state index is 1.35. The Labute approximate surface area is 72.6 Å². The molecular weight excluding hydrogens is 146 g/mol. The molecule has 0 N–H and O–H groups in total. The van der Waals surface area contributed by atoms with E-state index in [1.165, 1.54) is 22.0 Å². The van der Waals surface area contributed by atoms with Crippen molar-refractivity contribution in [1.29, 1.82) is 0 Å². The Bertz CT molecular complexity index is 424. The van der Waals surface area contributed by atoms with Crippen LogP contribution >= 0.6 is 0 Å². The summed E-state index contributed by atoms with van der Waals surface area (Å²) >= 11 is 0. The number of para-hydroxylation sites is 1. The summed E-state index contributed by atoms with van der Waals surface area (Å²) in [7, 11) is 2.10. The molecule has 1 aromatic heterocycles. The molecule has 0 aliphatic carbocycles. The summed E-state index contributed by atoms with van der Waals surface area (Å²) in [4.78, 5) is 0. The molecule has 0 aliphatic rings. The Morgan fingerprint density at radius 2 is 1.83 bits per heavy atom. The summed E-state index contributed by atoms with van der Waals surface area (Å²) in [5.74, 6) is 0. The number of aromatic nitrogens is 1. The summed E-state index contributed by atoms with van der Waals surface area (Å²) in [5.41, 5.74) is 4.06. The van der Waals surface area contributed by atoms with Crippen molar-refractivity contribution in [3.63, 3.8) is 0 Å². The lowest BCUT2D eigenvalue weighted by Crippen LogP contribution is -1.86. The molecule has 0 aliphatic heterocycles. The topological polar surface area (TPSA) is 4.93 Å². The van der Waals surface area contributed by atoms with Gasteiger partial charge in [0.1, 0.15) is 0 Å². The van der Waals surface area contributed by atoms with Crippen LogP contribution in [0.15, 0.2) is 24.4 Å². The zero-order valence-electron chi connectivity index (χ0n) is 7.76. The van der Waals surface area contributed by atoms with Crippen LogP contribution in [0.5, 0.6) is 0 Å². The quantitative estimate of drug-likeness (QED) is 0.557. The average Bonchev–Trinajstić information content (AvgIpc) is 2.29. The molecule has 2 aromatic rings. The van der Waals surface area contributed by atoms with Gasteiger partial charge in [0.2, 0.25) is 0 Å². The van der Waals surface area contributed by atoms with Gasteiger partial charge in [-0.2, -0.15) is 0 Å². The molecule has 12 heavy (non-hydrogen) atoms. The van der Waals surface area contributed by atoms with E-state index in [1.54, 1.807) is 0 Å². The normalized spacial score (nSPS) is 10.9. The van der Waals surface area contributed by atoms with Gasteiger partial charge < -0.3 is 4.57 Å². The van der Waals surface area contributed by atoms with Gasteiger partial charge in [0.15, 0.2) is 0 Å². The van der Waals surface area contributed by atoms with Gasteiger partial charge in [-0.1, -0.05) is 18.2 Å². The van der Waals surface area contributed by atoms with E-state index in [-0.39, 0.29) is 0 Å². The predicted molar refractivity (Wildman–Crippen MR) is 52.4 cm³/mol. The maximum atomic E-state index is 2.19. The fraction of sp³-hybridized carbons (Fsp3) is 0.273. The second kappa shape index (κ2) is 2.37. The standard InChI is InChI=1S/C11H13N/c1-8-5-4-6-10-9(2)7-12(3)11(8)10/h4-7H,1-3H3. The third-order valence-corrected chi connectivity index (χ3v) is 2.40. The molecule has 0 fully saturated rings.